The molecule has 0 saturated heterocycles. The van der Waals surface area contributed by atoms with Crippen LogP contribution < -0.4 is 4.72 Å². The molecule has 2 saturated carbocycles. The normalized spacial score (nSPS) is 27.0. The van der Waals surface area contributed by atoms with Crippen molar-refractivity contribution in [3.05, 3.63) is 48.3 Å². The van der Waals surface area contributed by atoms with E-state index in [-0.39, 0.29) is 6.04 Å². The number of tetrazole rings is 1. The highest BCUT2D eigenvalue weighted by molar-refractivity contribution is 7.89. The number of sulfonamides is 1. The molecule has 2 bridgehead atoms. The molecule has 4 atom stereocenters. The van der Waals surface area contributed by atoms with Gasteiger partial charge in [-0.3, -0.25) is 0 Å². The van der Waals surface area contributed by atoms with E-state index in [0.717, 1.165) is 44.3 Å². The van der Waals surface area contributed by atoms with Gasteiger partial charge in [-0.2, -0.15) is 0 Å². The highest BCUT2D eigenvalue weighted by Crippen LogP contribution is 2.50. The van der Waals surface area contributed by atoms with E-state index in [9.17, 15) is 8.42 Å². The Hall–Kier alpha value is -2.06. The van der Waals surface area contributed by atoms with E-state index in [1.54, 1.807) is 24.3 Å². The fourth-order valence-corrected chi connectivity index (χ4v) is 6.20. The van der Waals surface area contributed by atoms with Crippen molar-refractivity contribution in [3.8, 4) is 0 Å². The van der Waals surface area contributed by atoms with E-state index < -0.39 is 10.0 Å². The molecule has 2 N–H and O–H groups in total. The molecule has 7 nitrogen and oxygen atoms in total. The Morgan fingerprint density at radius 2 is 1.96 bits per heavy atom. The summed E-state index contributed by atoms with van der Waals surface area (Å²) in [7, 11) is -3.46. The van der Waals surface area contributed by atoms with Gasteiger partial charge in [-0.05, 0) is 78.8 Å². The second-order valence-electron chi connectivity index (χ2n) is 7.90. The molecule has 2 aliphatic rings. The van der Waals surface area contributed by atoms with Gasteiger partial charge in [0.2, 0.25) is 10.0 Å². The molecule has 2 aromatic rings. The summed E-state index contributed by atoms with van der Waals surface area (Å²) in [4.78, 5) is 0.356. The van der Waals surface area contributed by atoms with E-state index >= 15 is 0 Å². The van der Waals surface area contributed by atoms with Crippen LogP contribution in [0.1, 0.15) is 44.3 Å². The second kappa shape index (κ2) is 8.53. The van der Waals surface area contributed by atoms with Gasteiger partial charge < -0.3 is 0 Å². The van der Waals surface area contributed by atoms with Crippen molar-refractivity contribution in [1.29, 1.82) is 0 Å². The number of aromatic nitrogens is 4. The molecular formula is C20H27N5O2S. The number of nitrogens with zero attached hydrogens (tertiary/aromatic N) is 3. The average Bonchev–Trinajstić information content (AvgIpc) is 3.44. The maximum atomic E-state index is 12.8. The van der Waals surface area contributed by atoms with E-state index in [4.69, 9.17) is 0 Å². The van der Waals surface area contributed by atoms with Crippen LogP contribution in [0.25, 0.3) is 0 Å². The molecule has 28 heavy (non-hydrogen) atoms. The van der Waals surface area contributed by atoms with Crippen LogP contribution in [0.2, 0.25) is 0 Å². The van der Waals surface area contributed by atoms with Crippen LogP contribution in [0.5, 0.6) is 0 Å². The summed E-state index contributed by atoms with van der Waals surface area (Å²) >= 11 is 0. The molecule has 0 aliphatic heterocycles. The smallest absolute Gasteiger partial charge is 0.240 e. The molecule has 2 fully saturated rings. The standard InChI is InChI=1S/C20H27N5O2S/c26-28(27,17-8-4-3-5-9-17)23-20-16-13-12-15(14-16)18(20)10-6-1-2-7-11-19-21-24-25-22-19/h1,3-6,8-9,15-16,18,20,23H,2,7,10-14H2,(H,21,22,24,25)/t15-,16+,18+,20+/m1/s1. The van der Waals surface area contributed by atoms with Crippen molar-refractivity contribution in [2.45, 2.75) is 55.9 Å². The summed E-state index contributed by atoms with van der Waals surface area (Å²) in [6.45, 7) is 0. The third-order valence-electron chi connectivity index (χ3n) is 6.18. The molecule has 0 radical (unpaired) electrons. The SMILES string of the molecule is O=S(=O)(N[C@H]1[C@H]2CC[C@H](C2)[C@@H]1CC=CCCCc1nnn[nH]1)c1ccccc1. The fraction of sp³-hybridized carbons (Fsp3) is 0.550. The van der Waals surface area contributed by atoms with Crippen LogP contribution in [0.15, 0.2) is 47.4 Å². The highest BCUT2D eigenvalue weighted by Gasteiger charge is 2.48. The number of nitrogens with one attached hydrogen (secondary N) is 2. The first-order chi connectivity index (χ1) is 13.6. The van der Waals surface area contributed by atoms with Crippen molar-refractivity contribution in [2.24, 2.45) is 17.8 Å². The van der Waals surface area contributed by atoms with Crippen LogP contribution in [0, 0.1) is 17.8 Å². The van der Waals surface area contributed by atoms with Gasteiger partial charge in [0.15, 0.2) is 0 Å². The molecule has 8 heteroatoms. The summed E-state index contributed by atoms with van der Waals surface area (Å²) in [6.07, 6.45) is 11.7. The maximum Gasteiger partial charge on any atom is 0.240 e. The van der Waals surface area contributed by atoms with Gasteiger partial charge in [-0.15, -0.1) is 5.10 Å². The summed E-state index contributed by atoms with van der Waals surface area (Å²) in [5.41, 5.74) is 0. The number of allylic oxidation sites excluding steroid dienone is 2. The van der Waals surface area contributed by atoms with Crippen LogP contribution in [0.4, 0.5) is 0 Å². The van der Waals surface area contributed by atoms with Crippen LogP contribution in [-0.4, -0.2) is 35.1 Å². The minimum Gasteiger partial charge on any atom is -0.243 e. The van der Waals surface area contributed by atoms with E-state index in [1.165, 1.54) is 6.42 Å². The van der Waals surface area contributed by atoms with Gasteiger partial charge >= 0.3 is 0 Å². The Labute approximate surface area is 166 Å². The lowest BCUT2D eigenvalue weighted by molar-refractivity contribution is 0.274. The van der Waals surface area contributed by atoms with Crippen molar-refractivity contribution in [3.63, 3.8) is 0 Å². The Morgan fingerprint density at radius 3 is 2.75 bits per heavy atom. The van der Waals surface area contributed by atoms with E-state index in [2.05, 4.69) is 37.5 Å². The summed E-state index contributed by atoms with van der Waals surface area (Å²) in [5, 5.41) is 13.8. The minimum atomic E-state index is -3.46. The topological polar surface area (TPSA) is 101 Å². The summed E-state index contributed by atoms with van der Waals surface area (Å²) in [5.74, 6) is 2.32. The Kier molecular flexibility index (Phi) is 5.87. The largest absolute Gasteiger partial charge is 0.243 e. The van der Waals surface area contributed by atoms with Crippen molar-refractivity contribution in [1.82, 2.24) is 25.3 Å². The first-order valence-corrected chi connectivity index (χ1v) is 11.6. The molecule has 150 valence electrons. The van der Waals surface area contributed by atoms with Crippen LogP contribution >= 0.6 is 0 Å². The number of aromatic amines is 1. The molecule has 4 rings (SSSR count). The van der Waals surface area contributed by atoms with Gasteiger partial charge in [0.1, 0.15) is 5.82 Å². The Balaban J connectivity index is 1.33. The number of hydrogen-bond acceptors (Lipinski definition) is 5. The van der Waals surface area contributed by atoms with Crippen LogP contribution in [-0.2, 0) is 16.4 Å². The maximum absolute atomic E-state index is 12.8. The molecule has 0 amide bonds. The zero-order chi connectivity index (χ0) is 19.4. The number of unbranched alkanes of at least 4 members (excludes halogenated alkanes) is 1. The highest BCUT2D eigenvalue weighted by atomic mass is 32.2. The third kappa shape index (κ3) is 4.33. The Bertz CT molecular complexity index is 883. The van der Waals surface area contributed by atoms with Crippen LogP contribution in [0.3, 0.4) is 0 Å². The lowest BCUT2D eigenvalue weighted by Gasteiger charge is -2.31. The zero-order valence-electron chi connectivity index (χ0n) is 15.9. The molecule has 0 spiro atoms. The minimum absolute atomic E-state index is 0.0499. The zero-order valence-corrected chi connectivity index (χ0v) is 16.7. The van der Waals surface area contributed by atoms with Gasteiger partial charge in [-0.1, -0.05) is 30.4 Å². The summed E-state index contributed by atoms with van der Waals surface area (Å²) < 4.78 is 28.6. The van der Waals surface area contributed by atoms with Crippen molar-refractivity contribution >= 4 is 10.0 Å². The molecule has 0 unspecified atom stereocenters. The quantitative estimate of drug-likeness (QED) is 0.497. The van der Waals surface area contributed by atoms with Crippen molar-refractivity contribution in [2.75, 3.05) is 0 Å². The number of fused-ring (bicyclic) bond motifs is 2. The van der Waals surface area contributed by atoms with E-state index in [1.807, 2.05) is 6.07 Å². The molecule has 2 aliphatic carbocycles. The molecule has 1 aromatic heterocycles. The van der Waals surface area contributed by atoms with Gasteiger partial charge in [0, 0.05) is 12.5 Å². The average molecular weight is 402 g/mol. The third-order valence-corrected chi connectivity index (χ3v) is 7.66. The van der Waals surface area contributed by atoms with Gasteiger partial charge in [-0.25, -0.2) is 18.2 Å². The molecular weight excluding hydrogens is 374 g/mol. The lowest BCUT2D eigenvalue weighted by atomic mass is 9.83. The number of H-pyrrole nitrogens is 1. The predicted octanol–water partition coefficient (Wildman–Crippen LogP) is 2.86. The van der Waals surface area contributed by atoms with Gasteiger partial charge in [0.25, 0.3) is 0 Å². The molecule has 1 aromatic carbocycles. The molecule has 1 heterocycles. The van der Waals surface area contributed by atoms with E-state index in [0.29, 0.717) is 22.6 Å². The van der Waals surface area contributed by atoms with Crippen molar-refractivity contribution < 1.29 is 8.42 Å². The predicted molar refractivity (Wildman–Crippen MR) is 106 cm³/mol. The second-order valence-corrected chi connectivity index (χ2v) is 9.62. The van der Waals surface area contributed by atoms with Gasteiger partial charge in [0.05, 0.1) is 4.90 Å². The summed E-state index contributed by atoms with van der Waals surface area (Å²) in [6, 6.07) is 8.75. The Morgan fingerprint density at radius 1 is 1.14 bits per heavy atom. The first-order valence-electron chi connectivity index (χ1n) is 10.1. The number of hydrogen-bond donors (Lipinski definition) is 2. The number of aryl methyl sites for hydroxylation is 1. The lowest BCUT2D eigenvalue weighted by Crippen LogP contribution is -2.43. The monoisotopic (exact) mass is 401 g/mol. The number of rotatable bonds is 9. The first kappa shape index (κ1) is 19.3. The fourth-order valence-electron chi connectivity index (χ4n) is 4.82. The number of benzene rings is 1.